The van der Waals surface area contributed by atoms with Crippen LogP contribution < -0.4 is 5.32 Å². The number of carbonyl (C=O) groups is 2. The lowest BCUT2D eigenvalue weighted by molar-refractivity contribution is -0.116. The lowest BCUT2D eigenvalue weighted by Crippen LogP contribution is -2.34. The van der Waals surface area contributed by atoms with Crippen LogP contribution in [-0.4, -0.2) is 38.0 Å². The predicted molar refractivity (Wildman–Crippen MR) is 91.3 cm³/mol. The molecule has 25 heavy (non-hydrogen) atoms. The molecule has 0 radical (unpaired) electrons. The lowest BCUT2D eigenvalue weighted by atomic mass is 10.1. The van der Waals surface area contributed by atoms with E-state index in [0.29, 0.717) is 11.3 Å². The highest BCUT2D eigenvalue weighted by molar-refractivity contribution is 7.89. The van der Waals surface area contributed by atoms with Crippen LogP contribution in [0.4, 0.5) is 10.1 Å². The summed E-state index contributed by atoms with van der Waals surface area (Å²) in [5, 5.41) is 2.56. The zero-order valence-electron chi connectivity index (χ0n) is 13.7. The van der Waals surface area contributed by atoms with Gasteiger partial charge in [0.15, 0.2) is 5.78 Å². The van der Waals surface area contributed by atoms with Gasteiger partial charge in [-0.1, -0.05) is 0 Å². The van der Waals surface area contributed by atoms with Crippen LogP contribution in [0.2, 0.25) is 0 Å². The summed E-state index contributed by atoms with van der Waals surface area (Å²) in [6.45, 7) is 1.02. The number of hydrogen-bond donors (Lipinski definition) is 1. The molecule has 0 saturated heterocycles. The van der Waals surface area contributed by atoms with Crippen LogP contribution in [0, 0.1) is 5.82 Å². The van der Waals surface area contributed by atoms with Crippen molar-refractivity contribution in [2.45, 2.75) is 11.8 Å². The summed E-state index contributed by atoms with van der Waals surface area (Å²) in [4.78, 5) is 23.1. The van der Waals surface area contributed by atoms with Gasteiger partial charge in [0, 0.05) is 18.3 Å². The Morgan fingerprint density at radius 3 is 2.12 bits per heavy atom. The number of halogens is 1. The van der Waals surface area contributed by atoms with Crippen LogP contribution >= 0.6 is 0 Å². The van der Waals surface area contributed by atoms with Crippen molar-refractivity contribution in [1.29, 1.82) is 0 Å². The fourth-order valence-corrected chi connectivity index (χ4v) is 3.19. The molecule has 0 atom stereocenters. The first kappa shape index (κ1) is 18.8. The lowest BCUT2D eigenvalue weighted by Gasteiger charge is -2.17. The van der Waals surface area contributed by atoms with Crippen LogP contribution in [0.3, 0.4) is 0 Å². The van der Waals surface area contributed by atoms with Crippen LogP contribution in [0.1, 0.15) is 17.3 Å². The maximum Gasteiger partial charge on any atom is 0.243 e. The standard InChI is InChI=1S/C17H17FN2O4S/c1-12(21)13-3-7-15(8-4-13)19-17(22)11-20(2)25(23,24)16-9-5-14(18)6-10-16/h3-10H,11H2,1-2H3,(H,19,22). The predicted octanol–water partition coefficient (Wildman–Crippen LogP) is 2.29. The molecule has 2 aromatic rings. The number of rotatable bonds is 6. The van der Waals surface area contributed by atoms with E-state index in [9.17, 15) is 22.4 Å². The third kappa shape index (κ3) is 4.71. The van der Waals surface area contributed by atoms with Crippen molar-refractivity contribution in [2.24, 2.45) is 0 Å². The van der Waals surface area contributed by atoms with E-state index in [1.807, 2.05) is 0 Å². The SMILES string of the molecule is CC(=O)c1ccc(NC(=O)CN(C)S(=O)(=O)c2ccc(F)cc2)cc1. The van der Waals surface area contributed by atoms with Gasteiger partial charge in [-0.05, 0) is 55.5 Å². The Morgan fingerprint density at radius 2 is 1.60 bits per heavy atom. The molecule has 0 aliphatic carbocycles. The molecule has 2 rings (SSSR count). The second-order valence-electron chi connectivity index (χ2n) is 5.40. The molecule has 0 aliphatic heterocycles. The highest BCUT2D eigenvalue weighted by Crippen LogP contribution is 2.15. The maximum atomic E-state index is 12.9. The van der Waals surface area contributed by atoms with Crippen LogP contribution in [0.5, 0.6) is 0 Å². The smallest absolute Gasteiger partial charge is 0.243 e. The van der Waals surface area contributed by atoms with Crippen molar-refractivity contribution in [3.63, 3.8) is 0 Å². The molecular formula is C17H17FN2O4S. The van der Waals surface area contributed by atoms with Crippen molar-refractivity contribution in [3.05, 3.63) is 59.9 Å². The summed E-state index contributed by atoms with van der Waals surface area (Å²) in [6.07, 6.45) is 0. The Balaban J connectivity index is 2.04. The Morgan fingerprint density at radius 1 is 1.04 bits per heavy atom. The third-order valence-corrected chi connectivity index (χ3v) is 5.28. The number of nitrogens with one attached hydrogen (secondary N) is 1. The molecule has 0 heterocycles. The monoisotopic (exact) mass is 364 g/mol. The number of sulfonamides is 1. The van der Waals surface area contributed by atoms with E-state index in [0.717, 1.165) is 28.6 Å². The number of carbonyl (C=O) groups excluding carboxylic acids is 2. The zero-order valence-corrected chi connectivity index (χ0v) is 14.5. The zero-order chi connectivity index (χ0) is 18.6. The minimum absolute atomic E-state index is 0.0944. The molecular weight excluding hydrogens is 347 g/mol. The van der Waals surface area contributed by atoms with Gasteiger partial charge < -0.3 is 5.32 Å². The fourth-order valence-electron chi connectivity index (χ4n) is 2.06. The van der Waals surface area contributed by atoms with Gasteiger partial charge in [-0.15, -0.1) is 0 Å². The first-order valence-corrected chi connectivity index (χ1v) is 8.77. The molecule has 132 valence electrons. The number of nitrogens with zero attached hydrogens (tertiary/aromatic N) is 1. The van der Waals surface area contributed by atoms with Gasteiger partial charge >= 0.3 is 0 Å². The van der Waals surface area contributed by atoms with Crippen molar-refractivity contribution in [1.82, 2.24) is 4.31 Å². The Hall–Kier alpha value is -2.58. The molecule has 6 nitrogen and oxygen atoms in total. The summed E-state index contributed by atoms with van der Waals surface area (Å²) in [5.41, 5.74) is 0.955. The number of amides is 1. The van der Waals surface area contributed by atoms with Crippen LogP contribution in [0.25, 0.3) is 0 Å². The number of likely N-dealkylation sites (N-methyl/N-ethyl adjacent to an activating group) is 1. The first-order valence-electron chi connectivity index (χ1n) is 7.33. The molecule has 0 aliphatic rings. The second-order valence-corrected chi connectivity index (χ2v) is 7.44. The maximum absolute atomic E-state index is 12.9. The van der Waals surface area contributed by atoms with E-state index in [1.54, 1.807) is 24.3 Å². The second kappa shape index (κ2) is 7.54. The minimum Gasteiger partial charge on any atom is -0.325 e. The van der Waals surface area contributed by atoms with E-state index >= 15 is 0 Å². The molecule has 1 amide bonds. The van der Waals surface area contributed by atoms with E-state index in [2.05, 4.69) is 5.32 Å². The summed E-state index contributed by atoms with van der Waals surface area (Å²) in [6, 6.07) is 10.6. The van der Waals surface area contributed by atoms with Gasteiger partial charge in [-0.2, -0.15) is 4.31 Å². The quantitative estimate of drug-likeness (QED) is 0.797. The normalized spacial score (nSPS) is 11.4. The summed E-state index contributed by atoms with van der Waals surface area (Å²) in [5.74, 6) is -1.18. The van der Waals surface area contributed by atoms with Gasteiger partial charge in [0.25, 0.3) is 0 Å². The number of benzene rings is 2. The van der Waals surface area contributed by atoms with Crippen molar-refractivity contribution >= 4 is 27.4 Å². The molecule has 0 spiro atoms. The molecule has 0 unspecified atom stereocenters. The van der Waals surface area contributed by atoms with E-state index in [1.165, 1.54) is 14.0 Å². The topological polar surface area (TPSA) is 83.6 Å². The van der Waals surface area contributed by atoms with Gasteiger partial charge in [0.05, 0.1) is 11.4 Å². The van der Waals surface area contributed by atoms with Crippen molar-refractivity contribution in [2.75, 3.05) is 18.9 Å². The molecule has 2 aromatic carbocycles. The number of hydrogen-bond acceptors (Lipinski definition) is 4. The Bertz CT molecular complexity index is 878. The van der Waals surface area contributed by atoms with Crippen LogP contribution in [0.15, 0.2) is 53.4 Å². The third-order valence-electron chi connectivity index (χ3n) is 3.46. The number of ketones is 1. The van der Waals surface area contributed by atoms with Gasteiger partial charge in [0.2, 0.25) is 15.9 Å². The molecule has 1 N–H and O–H groups in total. The first-order chi connectivity index (χ1) is 11.7. The average Bonchev–Trinajstić information content (AvgIpc) is 2.55. The average molecular weight is 364 g/mol. The molecule has 0 fully saturated rings. The van der Waals surface area contributed by atoms with E-state index < -0.39 is 28.3 Å². The number of Topliss-reactive ketones (excluding diaryl/α,β-unsaturated/α-hetero) is 1. The molecule has 8 heteroatoms. The van der Waals surface area contributed by atoms with Gasteiger partial charge in [-0.25, -0.2) is 12.8 Å². The highest BCUT2D eigenvalue weighted by Gasteiger charge is 2.23. The van der Waals surface area contributed by atoms with Gasteiger partial charge in [0.1, 0.15) is 5.82 Å². The molecule has 0 aromatic heterocycles. The highest BCUT2D eigenvalue weighted by atomic mass is 32.2. The Labute approximate surface area is 145 Å². The summed E-state index contributed by atoms with van der Waals surface area (Å²) >= 11 is 0. The largest absolute Gasteiger partial charge is 0.325 e. The van der Waals surface area contributed by atoms with Crippen LogP contribution in [-0.2, 0) is 14.8 Å². The fraction of sp³-hybridized carbons (Fsp3) is 0.176. The summed E-state index contributed by atoms with van der Waals surface area (Å²) < 4.78 is 38.5. The summed E-state index contributed by atoms with van der Waals surface area (Å²) in [7, 11) is -2.64. The van der Waals surface area contributed by atoms with Crippen molar-refractivity contribution in [3.8, 4) is 0 Å². The molecule has 0 saturated carbocycles. The van der Waals surface area contributed by atoms with E-state index in [4.69, 9.17) is 0 Å². The van der Waals surface area contributed by atoms with E-state index in [-0.39, 0.29) is 10.7 Å². The molecule has 0 bridgehead atoms. The minimum atomic E-state index is -3.90. The van der Waals surface area contributed by atoms with Gasteiger partial charge in [-0.3, -0.25) is 9.59 Å². The van der Waals surface area contributed by atoms with Crippen molar-refractivity contribution < 1.29 is 22.4 Å². The Kier molecular flexibility index (Phi) is 5.66. The number of anilines is 1.